The Morgan fingerprint density at radius 1 is 1.03 bits per heavy atom. The molecule has 2 aromatic rings. The molecule has 0 unspecified atom stereocenters. The van der Waals surface area contributed by atoms with Crippen molar-refractivity contribution < 1.29 is 29.4 Å². The lowest BCUT2D eigenvalue weighted by Gasteiger charge is -2.32. The lowest BCUT2D eigenvalue weighted by molar-refractivity contribution is -0.129. The maximum absolute atomic E-state index is 13.0. The SMILES string of the molecule is COc1cc2c(cc1OC)N(CCCCCC(=O)NO)CC(C(=O)Nc1ccc(O)cc1)=C2. The number of fused-ring (bicyclic) bond motifs is 1. The minimum Gasteiger partial charge on any atom is -0.508 e. The van der Waals surface area contributed by atoms with Crippen LogP contribution in [0.4, 0.5) is 11.4 Å². The number of ether oxygens (including phenoxy) is 2. The number of carbonyl (C=O) groups is 2. The highest BCUT2D eigenvalue weighted by Crippen LogP contribution is 2.39. The molecule has 0 saturated carbocycles. The largest absolute Gasteiger partial charge is 0.508 e. The summed E-state index contributed by atoms with van der Waals surface area (Å²) in [4.78, 5) is 26.3. The zero-order valence-electron chi connectivity index (χ0n) is 18.8. The van der Waals surface area contributed by atoms with Crippen molar-refractivity contribution in [2.75, 3.05) is 37.5 Å². The van der Waals surface area contributed by atoms with Gasteiger partial charge in [-0.15, -0.1) is 0 Å². The molecule has 0 saturated heterocycles. The van der Waals surface area contributed by atoms with Gasteiger partial charge >= 0.3 is 0 Å². The fraction of sp³-hybridized carbons (Fsp3) is 0.333. The van der Waals surface area contributed by atoms with Crippen molar-refractivity contribution in [2.45, 2.75) is 25.7 Å². The van der Waals surface area contributed by atoms with Gasteiger partial charge in [0, 0.05) is 48.1 Å². The summed E-state index contributed by atoms with van der Waals surface area (Å²) in [5.74, 6) is 0.674. The Morgan fingerprint density at radius 3 is 2.39 bits per heavy atom. The number of phenolic OH excluding ortho intramolecular Hbond substituents is 1. The molecular weight excluding hydrogens is 426 g/mol. The van der Waals surface area contributed by atoms with Gasteiger partial charge in [-0.2, -0.15) is 0 Å². The first-order chi connectivity index (χ1) is 15.9. The second-order valence-corrected chi connectivity index (χ2v) is 7.70. The third kappa shape index (κ3) is 6.17. The Kier molecular flexibility index (Phi) is 8.15. The summed E-state index contributed by atoms with van der Waals surface area (Å²) in [6.45, 7) is 1.08. The summed E-state index contributed by atoms with van der Waals surface area (Å²) in [7, 11) is 3.14. The minimum atomic E-state index is -0.397. The van der Waals surface area contributed by atoms with Gasteiger partial charge in [-0.25, -0.2) is 5.48 Å². The molecule has 0 aromatic heterocycles. The fourth-order valence-electron chi connectivity index (χ4n) is 3.71. The topological polar surface area (TPSA) is 120 Å². The number of phenols is 1. The van der Waals surface area contributed by atoms with Gasteiger partial charge in [0.15, 0.2) is 11.5 Å². The van der Waals surface area contributed by atoms with Crippen LogP contribution in [0.1, 0.15) is 31.2 Å². The average Bonchev–Trinajstić information content (AvgIpc) is 2.83. The molecule has 0 aliphatic carbocycles. The monoisotopic (exact) mass is 455 g/mol. The molecule has 2 aromatic carbocycles. The number of unbranched alkanes of at least 4 members (excludes halogenated alkanes) is 2. The number of hydroxylamine groups is 1. The normalized spacial score (nSPS) is 12.5. The first-order valence-electron chi connectivity index (χ1n) is 10.7. The van der Waals surface area contributed by atoms with Crippen LogP contribution in [0.3, 0.4) is 0 Å². The molecule has 1 aliphatic heterocycles. The number of aromatic hydroxyl groups is 1. The zero-order valence-corrected chi connectivity index (χ0v) is 18.8. The molecule has 0 atom stereocenters. The number of benzene rings is 2. The quantitative estimate of drug-likeness (QED) is 0.188. The van der Waals surface area contributed by atoms with E-state index in [2.05, 4.69) is 10.2 Å². The number of amides is 2. The van der Waals surface area contributed by atoms with E-state index in [1.54, 1.807) is 31.8 Å². The third-order valence-electron chi connectivity index (χ3n) is 5.44. The average molecular weight is 456 g/mol. The number of carbonyl (C=O) groups excluding carboxylic acids is 2. The van der Waals surface area contributed by atoms with Crippen LogP contribution in [0.2, 0.25) is 0 Å². The number of hydrogen-bond donors (Lipinski definition) is 4. The van der Waals surface area contributed by atoms with E-state index in [0.717, 1.165) is 24.1 Å². The van der Waals surface area contributed by atoms with Crippen LogP contribution in [0, 0.1) is 0 Å². The molecular formula is C24H29N3O6. The van der Waals surface area contributed by atoms with E-state index >= 15 is 0 Å². The Morgan fingerprint density at radius 2 is 1.73 bits per heavy atom. The van der Waals surface area contributed by atoms with Gasteiger partial charge in [-0.1, -0.05) is 6.42 Å². The van der Waals surface area contributed by atoms with Crippen molar-refractivity contribution in [2.24, 2.45) is 0 Å². The van der Waals surface area contributed by atoms with Gasteiger partial charge in [0.2, 0.25) is 5.91 Å². The van der Waals surface area contributed by atoms with Crippen molar-refractivity contribution in [1.29, 1.82) is 0 Å². The van der Waals surface area contributed by atoms with E-state index in [-0.39, 0.29) is 18.1 Å². The smallest absolute Gasteiger partial charge is 0.253 e. The molecule has 3 rings (SSSR count). The molecule has 4 N–H and O–H groups in total. The van der Waals surface area contributed by atoms with E-state index in [1.165, 1.54) is 12.1 Å². The summed E-state index contributed by atoms with van der Waals surface area (Å²) >= 11 is 0. The van der Waals surface area contributed by atoms with Gasteiger partial charge in [-0.05, 0) is 49.2 Å². The maximum Gasteiger partial charge on any atom is 0.253 e. The van der Waals surface area contributed by atoms with Crippen molar-refractivity contribution in [1.82, 2.24) is 5.48 Å². The summed E-state index contributed by atoms with van der Waals surface area (Å²) in [5, 5.41) is 20.9. The van der Waals surface area contributed by atoms with Gasteiger partial charge in [0.05, 0.1) is 14.2 Å². The molecule has 176 valence electrons. The summed E-state index contributed by atoms with van der Waals surface area (Å²) < 4.78 is 10.9. The number of hydrogen-bond acceptors (Lipinski definition) is 7. The van der Waals surface area contributed by atoms with Crippen LogP contribution >= 0.6 is 0 Å². The van der Waals surface area contributed by atoms with Gasteiger partial charge in [-0.3, -0.25) is 14.8 Å². The van der Waals surface area contributed by atoms with Crippen LogP contribution in [0.25, 0.3) is 6.08 Å². The molecule has 0 radical (unpaired) electrons. The Hall–Kier alpha value is -3.72. The Labute approximate surface area is 192 Å². The van der Waals surface area contributed by atoms with E-state index in [0.29, 0.717) is 42.3 Å². The lowest BCUT2D eigenvalue weighted by Crippen LogP contribution is -2.33. The fourth-order valence-corrected chi connectivity index (χ4v) is 3.71. The van der Waals surface area contributed by atoms with E-state index in [9.17, 15) is 14.7 Å². The Balaban J connectivity index is 1.79. The van der Waals surface area contributed by atoms with Crippen LogP contribution < -0.4 is 25.2 Å². The van der Waals surface area contributed by atoms with Crippen molar-refractivity contribution in [3.8, 4) is 17.2 Å². The first kappa shape index (κ1) is 23.9. The Bertz CT molecular complexity index is 1020. The highest BCUT2D eigenvalue weighted by atomic mass is 16.5. The molecule has 1 heterocycles. The van der Waals surface area contributed by atoms with Crippen LogP contribution in [0.15, 0.2) is 42.0 Å². The molecule has 2 amide bonds. The second-order valence-electron chi connectivity index (χ2n) is 7.70. The molecule has 0 spiro atoms. The van der Waals surface area contributed by atoms with Crippen LogP contribution in [-0.4, -0.2) is 49.4 Å². The van der Waals surface area contributed by atoms with E-state index in [1.807, 2.05) is 18.2 Å². The van der Waals surface area contributed by atoms with Gasteiger partial charge in [0.25, 0.3) is 5.91 Å². The minimum absolute atomic E-state index is 0.127. The van der Waals surface area contributed by atoms with Crippen molar-refractivity contribution in [3.63, 3.8) is 0 Å². The molecule has 1 aliphatic rings. The molecule has 0 bridgehead atoms. The third-order valence-corrected chi connectivity index (χ3v) is 5.44. The van der Waals surface area contributed by atoms with E-state index < -0.39 is 5.91 Å². The number of nitrogens with one attached hydrogen (secondary N) is 2. The first-order valence-corrected chi connectivity index (χ1v) is 10.7. The number of methoxy groups -OCH3 is 2. The zero-order chi connectivity index (χ0) is 23.8. The number of nitrogens with zero attached hydrogens (tertiary/aromatic N) is 1. The molecule has 0 fully saturated rings. The summed E-state index contributed by atoms with van der Waals surface area (Å²) in [5.41, 5.74) is 4.59. The molecule has 33 heavy (non-hydrogen) atoms. The number of anilines is 2. The number of rotatable bonds is 10. The van der Waals surface area contributed by atoms with Gasteiger partial charge in [0.1, 0.15) is 5.75 Å². The van der Waals surface area contributed by atoms with Crippen LogP contribution in [0.5, 0.6) is 17.2 Å². The summed E-state index contributed by atoms with van der Waals surface area (Å²) in [6, 6.07) is 10.1. The van der Waals surface area contributed by atoms with E-state index in [4.69, 9.17) is 14.7 Å². The summed E-state index contributed by atoms with van der Waals surface area (Å²) in [6.07, 6.45) is 4.36. The lowest BCUT2D eigenvalue weighted by atomic mass is 10.00. The predicted octanol–water partition coefficient (Wildman–Crippen LogP) is 3.32. The molecule has 9 heteroatoms. The highest BCUT2D eigenvalue weighted by Gasteiger charge is 2.24. The molecule has 9 nitrogen and oxygen atoms in total. The van der Waals surface area contributed by atoms with Crippen molar-refractivity contribution >= 4 is 29.3 Å². The van der Waals surface area contributed by atoms with Crippen molar-refractivity contribution in [3.05, 3.63) is 47.5 Å². The second kappa shape index (κ2) is 11.2. The van der Waals surface area contributed by atoms with Crippen LogP contribution in [-0.2, 0) is 9.59 Å². The van der Waals surface area contributed by atoms with Gasteiger partial charge < -0.3 is 24.8 Å². The standard InChI is InChI=1S/C24H29N3O6/c1-32-21-13-16-12-17(24(30)25-18-7-9-19(28)10-8-18)15-27(20(16)14-22(21)33-2)11-5-3-4-6-23(29)26-31/h7-10,12-14,28,31H,3-6,11,15H2,1-2H3,(H,25,30)(H,26,29). The maximum atomic E-state index is 13.0. The highest BCUT2D eigenvalue weighted by molar-refractivity contribution is 6.08. The predicted molar refractivity (Wildman–Crippen MR) is 125 cm³/mol.